The Morgan fingerprint density at radius 1 is 1.53 bits per heavy atom. The van der Waals surface area contributed by atoms with Crippen molar-refractivity contribution >= 4 is 0 Å². The van der Waals surface area contributed by atoms with Crippen molar-refractivity contribution in [2.75, 3.05) is 0 Å². The topological polar surface area (TPSA) is 30.7 Å². The van der Waals surface area contributed by atoms with Crippen LogP contribution in [-0.4, -0.2) is 15.0 Å². The lowest BCUT2D eigenvalue weighted by molar-refractivity contribution is 0.270. The van der Waals surface area contributed by atoms with Crippen molar-refractivity contribution in [1.82, 2.24) is 15.0 Å². The van der Waals surface area contributed by atoms with Crippen LogP contribution >= 0.6 is 0 Å². The average Bonchev–Trinajstić information content (AvgIpc) is 2.86. The van der Waals surface area contributed by atoms with Crippen molar-refractivity contribution in [2.45, 2.75) is 45.6 Å². The molecule has 0 aliphatic heterocycles. The van der Waals surface area contributed by atoms with Gasteiger partial charge in [0.15, 0.2) is 0 Å². The van der Waals surface area contributed by atoms with Gasteiger partial charge in [0.05, 0.1) is 11.7 Å². The maximum atomic E-state index is 4.23. The summed E-state index contributed by atoms with van der Waals surface area (Å²) in [5.41, 5.74) is 1.28. The number of nitrogens with zero attached hydrogens (tertiary/aromatic N) is 3. The lowest BCUT2D eigenvalue weighted by Gasteiger charge is -2.27. The molecule has 0 N–H and O–H groups in total. The Hall–Kier alpha value is -1.12. The molecule has 3 nitrogen and oxygen atoms in total. The van der Waals surface area contributed by atoms with Gasteiger partial charge in [-0.15, -0.1) is 11.7 Å². The summed E-state index contributed by atoms with van der Waals surface area (Å²) in [6.07, 6.45) is 6.57. The third kappa shape index (κ3) is 2.11. The Morgan fingerprint density at radius 2 is 2.20 bits per heavy atom. The third-order valence-electron chi connectivity index (χ3n) is 2.92. The summed E-state index contributed by atoms with van der Waals surface area (Å²) in [7, 11) is 0. The zero-order valence-electron chi connectivity index (χ0n) is 9.77. The summed E-state index contributed by atoms with van der Waals surface area (Å²) in [6, 6.07) is 0.220. The molecule has 0 aromatic carbocycles. The Kier molecular flexibility index (Phi) is 2.41. The SMILES string of the molecule is C=C[C@@H](n1cc(C2CC2)nn1)C(C)(C)C. The van der Waals surface area contributed by atoms with E-state index in [-0.39, 0.29) is 11.5 Å². The molecular formula is C12H19N3. The highest BCUT2D eigenvalue weighted by atomic mass is 15.4. The molecule has 1 fully saturated rings. The summed E-state index contributed by atoms with van der Waals surface area (Å²) >= 11 is 0. The molecule has 0 radical (unpaired) electrons. The van der Waals surface area contributed by atoms with Crippen LogP contribution in [0.25, 0.3) is 0 Å². The Morgan fingerprint density at radius 3 is 2.67 bits per heavy atom. The van der Waals surface area contributed by atoms with E-state index in [2.05, 4.69) is 43.9 Å². The largest absolute Gasteiger partial charge is 0.245 e. The Labute approximate surface area is 91.2 Å². The number of hydrogen-bond donors (Lipinski definition) is 0. The maximum Gasteiger partial charge on any atom is 0.0858 e. The van der Waals surface area contributed by atoms with Crippen molar-refractivity contribution in [1.29, 1.82) is 0 Å². The van der Waals surface area contributed by atoms with E-state index in [1.807, 2.05) is 10.8 Å². The molecule has 1 aliphatic rings. The van der Waals surface area contributed by atoms with E-state index >= 15 is 0 Å². The first-order valence-corrected chi connectivity index (χ1v) is 5.56. The van der Waals surface area contributed by atoms with E-state index in [0.29, 0.717) is 5.92 Å². The molecule has 82 valence electrons. The van der Waals surface area contributed by atoms with Crippen molar-refractivity contribution in [3.63, 3.8) is 0 Å². The third-order valence-corrected chi connectivity index (χ3v) is 2.92. The van der Waals surface area contributed by atoms with E-state index in [0.717, 1.165) is 5.69 Å². The molecule has 0 saturated heterocycles. The average molecular weight is 205 g/mol. The lowest BCUT2D eigenvalue weighted by Crippen LogP contribution is -2.22. The highest BCUT2D eigenvalue weighted by molar-refractivity contribution is 5.10. The molecule has 1 saturated carbocycles. The molecule has 0 bridgehead atoms. The summed E-state index contributed by atoms with van der Waals surface area (Å²) in [4.78, 5) is 0. The quantitative estimate of drug-likeness (QED) is 0.710. The molecule has 1 atom stereocenters. The fraction of sp³-hybridized carbons (Fsp3) is 0.667. The van der Waals surface area contributed by atoms with Crippen LogP contribution in [-0.2, 0) is 0 Å². The monoisotopic (exact) mass is 205 g/mol. The molecule has 3 heteroatoms. The summed E-state index contributed by atoms with van der Waals surface area (Å²) in [5.74, 6) is 0.671. The van der Waals surface area contributed by atoms with Crippen molar-refractivity contribution < 1.29 is 0 Å². The second-order valence-electron chi connectivity index (χ2n) is 5.44. The number of rotatable bonds is 3. The van der Waals surface area contributed by atoms with E-state index < -0.39 is 0 Å². The minimum Gasteiger partial charge on any atom is -0.245 e. The predicted molar refractivity (Wildman–Crippen MR) is 60.7 cm³/mol. The Balaban J connectivity index is 2.22. The Bertz CT molecular complexity index is 355. The summed E-state index contributed by atoms with van der Waals surface area (Å²) in [5, 5.41) is 8.44. The first kappa shape index (κ1) is 10.4. The van der Waals surface area contributed by atoms with Gasteiger partial charge in [0.25, 0.3) is 0 Å². The van der Waals surface area contributed by atoms with Gasteiger partial charge in [-0.1, -0.05) is 32.1 Å². The van der Waals surface area contributed by atoms with Gasteiger partial charge in [-0.3, -0.25) is 0 Å². The van der Waals surface area contributed by atoms with Gasteiger partial charge in [0.1, 0.15) is 0 Å². The predicted octanol–water partition coefficient (Wildman–Crippen LogP) is 2.93. The van der Waals surface area contributed by atoms with Gasteiger partial charge in [-0.2, -0.15) is 0 Å². The van der Waals surface area contributed by atoms with Crippen molar-refractivity contribution in [2.24, 2.45) is 5.41 Å². The fourth-order valence-corrected chi connectivity index (χ4v) is 1.85. The molecule has 15 heavy (non-hydrogen) atoms. The van der Waals surface area contributed by atoms with E-state index in [1.54, 1.807) is 0 Å². The van der Waals surface area contributed by atoms with Gasteiger partial charge >= 0.3 is 0 Å². The van der Waals surface area contributed by atoms with E-state index in [1.165, 1.54) is 12.8 Å². The molecular weight excluding hydrogens is 186 g/mol. The molecule has 0 spiro atoms. The van der Waals surface area contributed by atoms with Gasteiger partial charge < -0.3 is 0 Å². The number of allylic oxidation sites excluding steroid dienone is 1. The van der Waals surface area contributed by atoms with Crippen LogP contribution in [0.3, 0.4) is 0 Å². The standard InChI is InChI=1S/C12H19N3/c1-5-11(12(2,3)4)15-8-10(13-14-15)9-6-7-9/h5,8-9,11H,1,6-7H2,2-4H3/t11-/m1/s1. The molecule has 1 aromatic heterocycles. The first-order valence-electron chi connectivity index (χ1n) is 5.56. The molecule has 0 unspecified atom stereocenters. The summed E-state index contributed by atoms with van der Waals surface area (Å²) in [6.45, 7) is 10.5. The van der Waals surface area contributed by atoms with E-state index in [9.17, 15) is 0 Å². The van der Waals surface area contributed by atoms with Gasteiger partial charge in [-0.25, -0.2) is 4.68 Å². The maximum absolute atomic E-state index is 4.23. The van der Waals surface area contributed by atoms with Crippen LogP contribution in [0.1, 0.15) is 51.3 Å². The van der Waals surface area contributed by atoms with Crippen molar-refractivity contribution in [3.05, 3.63) is 24.5 Å². The highest BCUT2D eigenvalue weighted by Gasteiger charge is 2.29. The summed E-state index contributed by atoms with van der Waals surface area (Å²) < 4.78 is 1.95. The van der Waals surface area contributed by atoms with Crippen LogP contribution in [0.5, 0.6) is 0 Å². The van der Waals surface area contributed by atoms with Crippen molar-refractivity contribution in [3.8, 4) is 0 Å². The first-order chi connectivity index (χ1) is 7.02. The van der Waals surface area contributed by atoms with Crippen LogP contribution < -0.4 is 0 Å². The second kappa shape index (κ2) is 3.47. The molecule has 0 amide bonds. The van der Waals surface area contributed by atoms with Crippen LogP contribution in [0.15, 0.2) is 18.9 Å². The van der Waals surface area contributed by atoms with Gasteiger partial charge in [0, 0.05) is 12.1 Å². The number of aromatic nitrogens is 3. The number of hydrogen-bond acceptors (Lipinski definition) is 2. The molecule has 1 aromatic rings. The van der Waals surface area contributed by atoms with Crippen LogP contribution in [0, 0.1) is 5.41 Å². The zero-order valence-corrected chi connectivity index (χ0v) is 9.77. The fourth-order valence-electron chi connectivity index (χ4n) is 1.85. The van der Waals surface area contributed by atoms with Crippen LogP contribution in [0.4, 0.5) is 0 Å². The smallest absolute Gasteiger partial charge is 0.0858 e. The normalized spacial score (nSPS) is 18.9. The van der Waals surface area contributed by atoms with Gasteiger partial charge in [-0.05, 0) is 18.3 Å². The minimum atomic E-state index is 0.135. The molecule has 1 heterocycles. The van der Waals surface area contributed by atoms with Crippen LogP contribution in [0.2, 0.25) is 0 Å². The van der Waals surface area contributed by atoms with E-state index in [4.69, 9.17) is 0 Å². The molecule has 1 aliphatic carbocycles. The highest BCUT2D eigenvalue weighted by Crippen LogP contribution is 2.39. The van der Waals surface area contributed by atoms with Gasteiger partial charge in [0.2, 0.25) is 0 Å². The zero-order chi connectivity index (χ0) is 11.1. The molecule has 2 rings (SSSR count). The lowest BCUT2D eigenvalue weighted by atomic mass is 9.87. The minimum absolute atomic E-state index is 0.135. The second-order valence-corrected chi connectivity index (χ2v) is 5.44.